The summed E-state index contributed by atoms with van der Waals surface area (Å²) in [7, 11) is 0. The molecule has 2 heterocycles. The first-order valence-electron chi connectivity index (χ1n) is 6.06. The van der Waals surface area contributed by atoms with Crippen molar-refractivity contribution < 1.29 is 9.32 Å². The van der Waals surface area contributed by atoms with E-state index in [-0.39, 0.29) is 5.91 Å². The van der Waals surface area contributed by atoms with Gasteiger partial charge >= 0.3 is 0 Å². The molecular weight excluding hydrogens is 218 g/mol. The van der Waals surface area contributed by atoms with Crippen LogP contribution in [0, 0.1) is 6.92 Å². The minimum absolute atomic E-state index is 0.175. The molecule has 17 heavy (non-hydrogen) atoms. The van der Waals surface area contributed by atoms with Crippen LogP contribution in [-0.2, 0) is 11.3 Å². The van der Waals surface area contributed by atoms with Gasteiger partial charge in [0.2, 0.25) is 5.91 Å². The lowest BCUT2D eigenvalue weighted by atomic mass is 10.1. The number of amides is 1. The van der Waals surface area contributed by atoms with Gasteiger partial charge in [-0.1, -0.05) is 5.16 Å². The Balaban J connectivity index is 1.73. The maximum Gasteiger partial charge on any atom is 0.219 e. The number of carbonyl (C=O) groups is 1. The van der Waals surface area contributed by atoms with E-state index in [1.807, 2.05) is 17.9 Å². The summed E-state index contributed by atoms with van der Waals surface area (Å²) in [6.07, 6.45) is 2.01. The third-order valence-electron chi connectivity index (χ3n) is 3.18. The van der Waals surface area contributed by atoms with Crippen LogP contribution in [0.2, 0.25) is 0 Å². The van der Waals surface area contributed by atoms with E-state index in [9.17, 15) is 4.79 Å². The Morgan fingerprint density at radius 3 is 2.82 bits per heavy atom. The maximum atomic E-state index is 11.2. The second-order valence-corrected chi connectivity index (χ2v) is 4.60. The largest absolute Gasteiger partial charge is 0.360 e. The molecule has 1 aromatic heterocycles. The Kier molecular flexibility index (Phi) is 3.78. The summed E-state index contributed by atoms with van der Waals surface area (Å²) in [5, 5.41) is 7.29. The van der Waals surface area contributed by atoms with E-state index in [1.54, 1.807) is 6.92 Å². The summed E-state index contributed by atoms with van der Waals surface area (Å²) >= 11 is 0. The standard InChI is InChI=1S/C12H19N3O2/c1-9-7-12(17-14-9)8-13-11-3-5-15(6-4-11)10(2)16/h7,11,13H,3-6,8H2,1-2H3. The van der Waals surface area contributed by atoms with Gasteiger partial charge in [-0.3, -0.25) is 4.79 Å². The molecule has 0 aromatic carbocycles. The van der Waals surface area contributed by atoms with Crippen LogP contribution in [0.25, 0.3) is 0 Å². The summed E-state index contributed by atoms with van der Waals surface area (Å²) < 4.78 is 5.14. The minimum atomic E-state index is 0.175. The molecule has 0 aliphatic carbocycles. The predicted octanol–water partition coefficient (Wildman–Crippen LogP) is 1.08. The first-order chi connectivity index (χ1) is 8.15. The Labute approximate surface area is 101 Å². The van der Waals surface area contributed by atoms with Crippen LogP contribution in [0.5, 0.6) is 0 Å². The molecule has 0 saturated carbocycles. The van der Waals surface area contributed by atoms with Crippen molar-refractivity contribution in [3.05, 3.63) is 17.5 Å². The lowest BCUT2D eigenvalue weighted by molar-refractivity contribution is -0.129. The highest BCUT2D eigenvalue weighted by molar-refractivity contribution is 5.73. The van der Waals surface area contributed by atoms with Gasteiger partial charge in [-0.15, -0.1) is 0 Å². The predicted molar refractivity (Wildman–Crippen MR) is 63.4 cm³/mol. The van der Waals surface area contributed by atoms with Gasteiger partial charge in [0, 0.05) is 32.1 Å². The van der Waals surface area contributed by atoms with Gasteiger partial charge in [-0.2, -0.15) is 0 Å². The number of likely N-dealkylation sites (tertiary alicyclic amines) is 1. The zero-order valence-electron chi connectivity index (χ0n) is 10.4. The van der Waals surface area contributed by atoms with Crippen molar-refractivity contribution in [1.29, 1.82) is 0 Å². The van der Waals surface area contributed by atoms with Gasteiger partial charge in [0.1, 0.15) is 0 Å². The van der Waals surface area contributed by atoms with Gasteiger partial charge in [-0.05, 0) is 19.8 Å². The van der Waals surface area contributed by atoms with E-state index in [4.69, 9.17) is 4.52 Å². The Hall–Kier alpha value is -1.36. The van der Waals surface area contributed by atoms with Gasteiger partial charge < -0.3 is 14.7 Å². The first-order valence-corrected chi connectivity index (χ1v) is 6.06. The molecule has 2 rings (SSSR count). The van der Waals surface area contributed by atoms with Crippen molar-refractivity contribution >= 4 is 5.91 Å². The van der Waals surface area contributed by atoms with E-state index in [2.05, 4.69) is 10.5 Å². The Bertz CT molecular complexity index is 381. The number of hydrogen-bond donors (Lipinski definition) is 1. The molecule has 1 aromatic rings. The topological polar surface area (TPSA) is 58.4 Å². The number of hydrogen-bond acceptors (Lipinski definition) is 4. The molecule has 0 spiro atoms. The molecule has 94 valence electrons. The number of nitrogens with zero attached hydrogens (tertiary/aromatic N) is 2. The SMILES string of the molecule is CC(=O)N1CCC(NCc2cc(C)no2)CC1. The van der Waals surface area contributed by atoms with Crippen molar-refractivity contribution in [2.24, 2.45) is 0 Å². The maximum absolute atomic E-state index is 11.2. The zero-order chi connectivity index (χ0) is 12.3. The van der Waals surface area contributed by atoms with Crippen molar-refractivity contribution in [2.75, 3.05) is 13.1 Å². The number of rotatable bonds is 3. The van der Waals surface area contributed by atoms with Crippen LogP contribution in [0.4, 0.5) is 0 Å². The van der Waals surface area contributed by atoms with Gasteiger partial charge in [-0.25, -0.2) is 0 Å². The number of nitrogens with one attached hydrogen (secondary N) is 1. The quantitative estimate of drug-likeness (QED) is 0.854. The average Bonchev–Trinajstić information content (AvgIpc) is 2.73. The highest BCUT2D eigenvalue weighted by Crippen LogP contribution is 2.11. The van der Waals surface area contributed by atoms with E-state index in [1.165, 1.54) is 0 Å². The van der Waals surface area contributed by atoms with E-state index in [0.717, 1.165) is 37.4 Å². The smallest absolute Gasteiger partial charge is 0.219 e. The third kappa shape index (κ3) is 3.30. The van der Waals surface area contributed by atoms with Crippen molar-refractivity contribution in [3.8, 4) is 0 Å². The van der Waals surface area contributed by atoms with Crippen molar-refractivity contribution in [3.63, 3.8) is 0 Å². The molecule has 5 heteroatoms. The fourth-order valence-electron chi connectivity index (χ4n) is 2.14. The van der Waals surface area contributed by atoms with Crippen LogP contribution in [0.3, 0.4) is 0 Å². The second kappa shape index (κ2) is 5.31. The van der Waals surface area contributed by atoms with Gasteiger partial charge in [0.05, 0.1) is 12.2 Å². The monoisotopic (exact) mass is 237 g/mol. The molecule has 1 fully saturated rings. The van der Waals surface area contributed by atoms with Crippen LogP contribution >= 0.6 is 0 Å². The van der Waals surface area contributed by atoms with Gasteiger partial charge in [0.25, 0.3) is 0 Å². The summed E-state index contributed by atoms with van der Waals surface area (Å²) in [5.74, 6) is 1.05. The molecule has 1 saturated heterocycles. The van der Waals surface area contributed by atoms with Crippen molar-refractivity contribution in [2.45, 2.75) is 39.3 Å². The molecule has 1 amide bonds. The van der Waals surface area contributed by atoms with Crippen LogP contribution < -0.4 is 5.32 Å². The lowest BCUT2D eigenvalue weighted by Crippen LogP contribution is -2.43. The summed E-state index contributed by atoms with van der Waals surface area (Å²) in [6, 6.07) is 2.41. The molecule has 5 nitrogen and oxygen atoms in total. The number of aromatic nitrogens is 1. The van der Waals surface area contributed by atoms with Crippen LogP contribution in [0.15, 0.2) is 10.6 Å². The Morgan fingerprint density at radius 1 is 1.59 bits per heavy atom. The van der Waals surface area contributed by atoms with E-state index >= 15 is 0 Å². The zero-order valence-corrected chi connectivity index (χ0v) is 10.4. The van der Waals surface area contributed by atoms with E-state index in [0.29, 0.717) is 12.6 Å². The molecule has 0 unspecified atom stereocenters. The molecular formula is C12H19N3O2. The fraction of sp³-hybridized carbons (Fsp3) is 0.667. The van der Waals surface area contributed by atoms with Crippen LogP contribution in [-0.4, -0.2) is 35.1 Å². The summed E-state index contributed by atoms with van der Waals surface area (Å²) in [6.45, 7) is 5.96. The van der Waals surface area contributed by atoms with E-state index < -0.39 is 0 Å². The minimum Gasteiger partial charge on any atom is -0.360 e. The molecule has 1 aliphatic heterocycles. The highest BCUT2D eigenvalue weighted by Gasteiger charge is 2.20. The normalized spacial score (nSPS) is 17.4. The molecule has 1 N–H and O–H groups in total. The summed E-state index contributed by atoms with van der Waals surface area (Å²) in [4.78, 5) is 13.1. The third-order valence-corrected chi connectivity index (χ3v) is 3.18. The highest BCUT2D eigenvalue weighted by atomic mass is 16.5. The number of aryl methyl sites for hydroxylation is 1. The van der Waals surface area contributed by atoms with Crippen LogP contribution in [0.1, 0.15) is 31.2 Å². The number of carbonyl (C=O) groups excluding carboxylic acids is 1. The molecule has 1 aliphatic rings. The first kappa shape index (κ1) is 12.1. The summed E-state index contributed by atoms with van der Waals surface area (Å²) in [5.41, 5.74) is 0.910. The molecule has 0 radical (unpaired) electrons. The lowest BCUT2D eigenvalue weighted by Gasteiger charge is -2.31. The second-order valence-electron chi connectivity index (χ2n) is 4.60. The Morgan fingerprint density at radius 2 is 2.29 bits per heavy atom. The van der Waals surface area contributed by atoms with Gasteiger partial charge in [0.15, 0.2) is 5.76 Å². The average molecular weight is 237 g/mol. The fourth-order valence-corrected chi connectivity index (χ4v) is 2.14. The number of piperidine rings is 1. The molecule has 0 atom stereocenters. The molecule has 0 bridgehead atoms. The van der Waals surface area contributed by atoms with Crippen molar-refractivity contribution in [1.82, 2.24) is 15.4 Å².